The molecule has 0 unspecified atom stereocenters. The van der Waals surface area contributed by atoms with Gasteiger partial charge in [-0.25, -0.2) is 0 Å². The SMILES string of the molecule is COc1ccc(OC)c([C@H]2Nc3ccc4ncccc4c3C3=C2C(=O)CC(C)(C)C3)c1. The average Bonchev–Trinajstić information content (AvgIpc) is 2.76. The summed E-state index contributed by atoms with van der Waals surface area (Å²) in [6.45, 7) is 4.34. The maximum atomic E-state index is 13.5. The van der Waals surface area contributed by atoms with Gasteiger partial charge < -0.3 is 14.8 Å². The fourth-order valence-corrected chi connectivity index (χ4v) is 5.02. The number of anilines is 1. The lowest BCUT2D eigenvalue weighted by atomic mass is 9.68. The maximum absolute atomic E-state index is 13.5. The van der Waals surface area contributed by atoms with Gasteiger partial charge in [-0.15, -0.1) is 0 Å². The molecule has 2 aliphatic rings. The lowest BCUT2D eigenvalue weighted by Crippen LogP contribution is -2.33. The summed E-state index contributed by atoms with van der Waals surface area (Å²) in [4.78, 5) is 18.1. The molecule has 0 bridgehead atoms. The van der Waals surface area contributed by atoms with Crippen LogP contribution in [-0.4, -0.2) is 25.0 Å². The van der Waals surface area contributed by atoms with Gasteiger partial charge in [-0.05, 0) is 53.8 Å². The highest BCUT2D eigenvalue weighted by Crippen LogP contribution is 2.53. The molecule has 0 spiro atoms. The molecule has 0 amide bonds. The van der Waals surface area contributed by atoms with E-state index in [0.29, 0.717) is 6.42 Å². The van der Waals surface area contributed by atoms with Crippen molar-refractivity contribution in [2.75, 3.05) is 19.5 Å². The Balaban J connectivity index is 1.81. The van der Waals surface area contributed by atoms with E-state index in [2.05, 4.69) is 36.3 Å². The summed E-state index contributed by atoms with van der Waals surface area (Å²) in [5, 5.41) is 4.72. The fraction of sp³-hybridized carbons (Fsp3) is 0.308. The van der Waals surface area contributed by atoms with Gasteiger partial charge in [-0.3, -0.25) is 9.78 Å². The van der Waals surface area contributed by atoms with Crippen molar-refractivity contribution in [1.82, 2.24) is 4.98 Å². The molecule has 0 radical (unpaired) electrons. The molecule has 2 aromatic carbocycles. The number of ketones is 1. The summed E-state index contributed by atoms with van der Waals surface area (Å²) >= 11 is 0. The van der Waals surface area contributed by atoms with E-state index in [1.165, 1.54) is 0 Å². The Morgan fingerprint density at radius 3 is 2.68 bits per heavy atom. The van der Waals surface area contributed by atoms with Crippen LogP contribution in [0.15, 0.2) is 54.2 Å². The van der Waals surface area contributed by atoms with Gasteiger partial charge in [0.05, 0.1) is 25.8 Å². The Morgan fingerprint density at radius 2 is 1.90 bits per heavy atom. The predicted molar refractivity (Wildman–Crippen MR) is 123 cm³/mol. The summed E-state index contributed by atoms with van der Waals surface area (Å²) in [7, 11) is 3.30. The largest absolute Gasteiger partial charge is 0.497 e. The number of hydrogen-bond donors (Lipinski definition) is 1. The van der Waals surface area contributed by atoms with E-state index < -0.39 is 0 Å². The van der Waals surface area contributed by atoms with Crippen LogP contribution < -0.4 is 14.8 Å². The molecule has 1 atom stereocenters. The molecule has 2 heterocycles. The number of rotatable bonds is 3. The maximum Gasteiger partial charge on any atom is 0.162 e. The van der Waals surface area contributed by atoms with Crippen molar-refractivity contribution in [3.63, 3.8) is 0 Å². The lowest BCUT2D eigenvalue weighted by Gasteiger charge is -2.40. The number of pyridine rings is 1. The number of aromatic nitrogens is 1. The molecular weight excluding hydrogens is 388 g/mol. The first-order valence-corrected chi connectivity index (χ1v) is 10.5. The van der Waals surface area contributed by atoms with Gasteiger partial charge in [0.25, 0.3) is 0 Å². The Morgan fingerprint density at radius 1 is 1.06 bits per heavy atom. The van der Waals surface area contributed by atoms with Gasteiger partial charge in [0.2, 0.25) is 0 Å². The monoisotopic (exact) mass is 414 g/mol. The van der Waals surface area contributed by atoms with Crippen LogP contribution in [0.2, 0.25) is 0 Å². The van der Waals surface area contributed by atoms with Gasteiger partial charge in [0.15, 0.2) is 5.78 Å². The molecule has 1 aromatic heterocycles. The molecule has 5 heteroatoms. The number of fused-ring (bicyclic) bond motifs is 4. The second-order valence-corrected chi connectivity index (χ2v) is 9.08. The normalized spacial score (nSPS) is 19.5. The Hall–Kier alpha value is -3.34. The standard InChI is InChI=1S/C26H26N2O3/c1-26(2)13-18-23-16-6-5-11-27-19(16)8-9-20(23)28-25(24(18)21(29)14-26)17-12-15(30-3)7-10-22(17)31-4/h5-12,25,28H,13-14H2,1-4H3/t25-/m1/s1. The second-order valence-electron chi connectivity index (χ2n) is 9.08. The van der Waals surface area contributed by atoms with E-state index in [9.17, 15) is 4.79 Å². The van der Waals surface area contributed by atoms with E-state index in [1.807, 2.05) is 30.3 Å². The van der Waals surface area contributed by atoms with Crippen molar-refractivity contribution in [2.45, 2.75) is 32.7 Å². The number of ether oxygens (including phenoxy) is 2. The number of nitrogens with zero attached hydrogens (tertiary/aromatic N) is 1. The van der Waals surface area contributed by atoms with Crippen molar-refractivity contribution < 1.29 is 14.3 Å². The number of hydrogen-bond acceptors (Lipinski definition) is 5. The molecule has 31 heavy (non-hydrogen) atoms. The molecule has 0 fully saturated rings. The van der Waals surface area contributed by atoms with Crippen LogP contribution in [0, 0.1) is 5.41 Å². The van der Waals surface area contributed by atoms with Gasteiger partial charge in [0.1, 0.15) is 11.5 Å². The van der Waals surface area contributed by atoms with E-state index >= 15 is 0 Å². The smallest absolute Gasteiger partial charge is 0.162 e. The number of carbonyl (C=O) groups excluding carboxylic acids is 1. The minimum atomic E-state index is -0.301. The zero-order chi connectivity index (χ0) is 21.8. The predicted octanol–water partition coefficient (Wildman–Crippen LogP) is 5.56. The van der Waals surface area contributed by atoms with Gasteiger partial charge >= 0.3 is 0 Å². The molecule has 1 aliphatic heterocycles. The minimum absolute atomic E-state index is 0.0993. The van der Waals surface area contributed by atoms with Crippen LogP contribution in [-0.2, 0) is 4.79 Å². The quantitative estimate of drug-likeness (QED) is 0.608. The third-order valence-corrected chi connectivity index (χ3v) is 6.34. The number of methoxy groups -OCH3 is 2. The van der Waals surface area contributed by atoms with Crippen LogP contribution in [0.4, 0.5) is 5.69 Å². The van der Waals surface area contributed by atoms with Crippen LogP contribution in [0.5, 0.6) is 11.5 Å². The number of benzene rings is 2. The minimum Gasteiger partial charge on any atom is -0.497 e. The van der Waals surface area contributed by atoms with Crippen LogP contribution in [0.25, 0.3) is 16.5 Å². The highest BCUT2D eigenvalue weighted by atomic mass is 16.5. The first-order chi connectivity index (χ1) is 14.9. The molecule has 1 N–H and O–H groups in total. The zero-order valence-electron chi connectivity index (χ0n) is 18.3. The highest BCUT2D eigenvalue weighted by molar-refractivity contribution is 6.12. The number of Topliss-reactive ketones (excluding diaryl/α,β-unsaturated/α-hetero) is 1. The molecule has 1 aliphatic carbocycles. The molecule has 0 saturated heterocycles. The van der Waals surface area contributed by atoms with Gasteiger partial charge in [0, 0.05) is 40.4 Å². The average molecular weight is 415 g/mol. The third-order valence-electron chi connectivity index (χ3n) is 6.34. The highest BCUT2D eigenvalue weighted by Gasteiger charge is 2.41. The van der Waals surface area contributed by atoms with Crippen molar-refractivity contribution in [3.05, 3.63) is 65.4 Å². The molecule has 5 rings (SSSR count). The van der Waals surface area contributed by atoms with E-state index in [1.54, 1.807) is 20.4 Å². The molecule has 158 valence electrons. The Kier molecular flexibility index (Phi) is 4.50. The second kappa shape index (κ2) is 7.12. The number of carbonyl (C=O) groups is 1. The van der Waals surface area contributed by atoms with E-state index in [0.717, 1.165) is 56.8 Å². The zero-order valence-corrected chi connectivity index (χ0v) is 18.3. The van der Waals surface area contributed by atoms with Crippen molar-refractivity contribution in [2.24, 2.45) is 5.41 Å². The van der Waals surface area contributed by atoms with Crippen LogP contribution in [0.3, 0.4) is 0 Å². The van der Waals surface area contributed by atoms with Crippen LogP contribution >= 0.6 is 0 Å². The summed E-state index contributed by atoms with van der Waals surface area (Å²) in [5.41, 5.74) is 5.79. The van der Waals surface area contributed by atoms with Crippen molar-refractivity contribution in [1.29, 1.82) is 0 Å². The van der Waals surface area contributed by atoms with Gasteiger partial charge in [-0.1, -0.05) is 19.9 Å². The van der Waals surface area contributed by atoms with Gasteiger partial charge in [-0.2, -0.15) is 0 Å². The Labute approximate surface area is 182 Å². The summed E-state index contributed by atoms with van der Waals surface area (Å²) in [5.74, 6) is 1.64. The fourth-order valence-electron chi connectivity index (χ4n) is 5.02. The topological polar surface area (TPSA) is 60.5 Å². The Bertz CT molecular complexity index is 1240. The third kappa shape index (κ3) is 3.16. The summed E-state index contributed by atoms with van der Waals surface area (Å²) in [6.07, 6.45) is 3.16. The number of nitrogens with one attached hydrogen (secondary N) is 1. The summed E-state index contributed by atoms with van der Waals surface area (Å²) in [6, 6.07) is 13.6. The molecule has 5 nitrogen and oxygen atoms in total. The molecule has 0 saturated carbocycles. The molecule has 3 aromatic rings. The van der Waals surface area contributed by atoms with Crippen molar-refractivity contribution in [3.8, 4) is 11.5 Å². The number of allylic oxidation sites excluding steroid dienone is 1. The van der Waals surface area contributed by atoms with Crippen LogP contribution in [0.1, 0.15) is 43.9 Å². The summed E-state index contributed by atoms with van der Waals surface area (Å²) < 4.78 is 11.1. The lowest BCUT2D eigenvalue weighted by molar-refractivity contribution is -0.118. The first kappa shape index (κ1) is 19.6. The first-order valence-electron chi connectivity index (χ1n) is 10.5. The van der Waals surface area contributed by atoms with E-state index in [4.69, 9.17) is 9.47 Å². The van der Waals surface area contributed by atoms with Crippen molar-refractivity contribution >= 4 is 27.9 Å². The molecular formula is C26H26N2O3. The van der Waals surface area contributed by atoms with E-state index in [-0.39, 0.29) is 17.2 Å².